The van der Waals surface area contributed by atoms with Crippen molar-refractivity contribution in [1.82, 2.24) is 0 Å². The van der Waals surface area contributed by atoms with Crippen LogP contribution in [0.5, 0.6) is 5.75 Å². The molecule has 0 saturated heterocycles. The van der Waals surface area contributed by atoms with Crippen molar-refractivity contribution in [2.24, 2.45) is 0 Å². The number of para-hydroxylation sites is 1. The van der Waals surface area contributed by atoms with Crippen LogP contribution in [0.3, 0.4) is 0 Å². The Kier molecular flexibility index (Phi) is 15.4. The van der Waals surface area contributed by atoms with E-state index in [9.17, 15) is 18.1 Å². The summed E-state index contributed by atoms with van der Waals surface area (Å²) < 4.78 is 42.9. The summed E-state index contributed by atoms with van der Waals surface area (Å²) in [6.45, 7) is 4.82. The second kappa shape index (κ2) is 17.9. The fourth-order valence-electron chi connectivity index (χ4n) is 4.12. The smallest absolute Gasteiger partial charge is 0.744 e. The standard InChI is InChI=1S/C32H38O5S2.Na/c1-3-5-7-8-9-10-11-18-28(33)27-17-13-12-16-26(27)25-21-22-31(32(24-25)39(34,35)36)38-30-20-15-14-19-29(30)37-23-6-4-2;/h12-17,19-22,24,28,33H,3-10,23H2,1-2H3,(H,34,35,36);/q;+1/p-1. The number of hydrogen-bond acceptors (Lipinski definition) is 6. The topological polar surface area (TPSA) is 86.7 Å². The van der Waals surface area contributed by atoms with Crippen LogP contribution in [-0.4, -0.2) is 24.7 Å². The summed E-state index contributed by atoms with van der Waals surface area (Å²) in [5.74, 6) is 6.64. The van der Waals surface area contributed by atoms with Crippen molar-refractivity contribution in [2.75, 3.05) is 6.61 Å². The molecule has 3 aromatic carbocycles. The Balaban J connectivity index is 0.00000560. The van der Waals surface area contributed by atoms with E-state index < -0.39 is 16.2 Å². The summed E-state index contributed by atoms with van der Waals surface area (Å²) in [5, 5.41) is 10.8. The second-order valence-electron chi connectivity index (χ2n) is 9.34. The molecule has 3 rings (SSSR count). The number of rotatable bonds is 14. The second-order valence-corrected chi connectivity index (χ2v) is 11.8. The van der Waals surface area contributed by atoms with Crippen LogP contribution in [-0.2, 0) is 10.1 Å². The van der Waals surface area contributed by atoms with Crippen LogP contribution in [0.4, 0.5) is 0 Å². The number of aliphatic hydroxyl groups excluding tert-OH is 1. The molecular weight excluding hydrogens is 551 g/mol. The van der Waals surface area contributed by atoms with Gasteiger partial charge in [0.1, 0.15) is 22.0 Å². The summed E-state index contributed by atoms with van der Waals surface area (Å²) >= 11 is 1.18. The fourth-order valence-corrected chi connectivity index (χ4v) is 6.04. The molecule has 0 aliphatic rings. The molecule has 0 bridgehead atoms. The maximum absolute atomic E-state index is 12.3. The third-order valence-electron chi connectivity index (χ3n) is 6.25. The largest absolute Gasteiger partial charge is 1.00 e. The molecule has 3 aromatic rings. The zero-order valence-corrected chi connectivity index (χ0v) is 27.3. The first kappa shape index (κ1) is 34.4. The third kappa shape index (κ3) is 10.6. The van der Waals surface area contributed by atoms with Crippen LogP contribution in [0, 0.1) is 11.8 Å². The molecule has 0 amide bonds. The maximum atomic E-state index is 12.3. The number of ether oxygens (including phenoxy) is 1. The summed E-state index contributed by atoms with van der Waals surface area (Å²) in [6.07, 6.45) is 7.33. The van der Waals surface area contributed by atoms with E-state index in [1.807, 2.05) is 30.3 Å². The van der Waals surface area contributed by atoms with Crippen LogP contribution < -0.4 is 34.3 Å². The van der Waals surface area contributed by atoms with Gasteiger partial charge in [-0.15, -0.1) is 5.92 Å². The Bertz CT molecular complexity index is 1380. The maximum Gasteiger partial charge on any atom is 1.00 e. The molecule has 0 aliphatic heterocycles. The van der Waals surface area contributed by atoms with Crippen LogP contribution in [0.1, 0.15) is 76.9 Å². The normalized spacial score (nSPS) is 11.7. The van der Waals surface area contributed by atoms with Crippen molar-refractivity contribution in [1.29, 1.82) is 0 Å². The minimum absolute atomic E-state index is 0. The molecule has 5 nitrogen and oxygen atoms in total. The van der Waals surface area contributed by atoms with Gasteiger partial charge >= 0.3 is 29.6 Å². The summed E-state index contributed by atoms with van der Waals surface area (Å²) in [5.41, 5.74) is 1.73. The van der Waals surface area contributed by atoms with E-state index in [-0.39, 0.29) is 34.5 Å². The van der Waals surface area contributed by atoms with Crippen molar-refractivity contribution in [3.05, 3.63) is 72.3 Å². The molecule has 8 heteroatoms. The monoisotopic (exact) mass is 588 g/mol. The number of aliphatic hydroxyl groups is 1. The van der Waals surface area contributed by atoms with Crippen molar-refractivity contribution in [3.63, 3.8) is 0 Å². The first-order valence-corrected chi connectivity index (χ1v) is 15.8. The van der Waals surface area contributed by atoms with E-state index in [1.165, 1.54) is 37.1 Å². The van der Waals surface area contributed by atoms with Crippen molar-refractivity contribution in [3.8, 4) is 28.7 Å². The Labute approximate surface area is 266 Å². The minimum Gasteiger partial charge on any atom is -0.744 e. The van der Waals surface area contributed by atoms with E-state index in [4.69, 9.17) is 4.74 Å². The predicted molar refractivity (Wildman–Crippen MR) is 157 cm³/mol. The average molecular weight is 589 g/mol. The number of benzene rings is 3. The molecule has 0 aromatic heterocycles. The van der Waals surface area contributed by atoms with Gasteiger partial charge in [0.15, 0.2) is 0 Å². The van der Waals surface area contributed by atoms with E-state index in [0.717, 1.165) is 37.0 Å². The average Bonchev–Trinajstić information content (AvgIpc) is 2.93. The van der Waals surface area contributed by atoms with Gasteiger partial charge in [-0.2, -0.15) is 0 Å². The van der Waals surface area contributed by atoms with Crippen molar-refractivity contribution >= 4 is 21.9 Å². The Hall–Kier alpha value is -1.76. The molecule has 0 aliphatic carbocycles. The summed E-state index contributed by atoms with van der Waals surface area (Å²) in [4.78, 5) is 0.740. The van der Waals surface area contributed by atoms with Gasteiger partial charge in [0.2, 0.25) is 0 Å². The Morgan fingerprint density at radius 1 is 0.900 bits per heavy atom. The van der Waals surface area contributed by atoms with Crippen LogP contribution >= 0.6 is 11.8 Å². The molecule has 208 valence electrons. The molecule has 40 heavy (non-hydrogen) atoms. The Morgan fingerprint density at radius 2 is 1.60 bits per heavy atom. The molecule has 1 atom stereocenters. The number of unbranched alkanes of at least 4 members (excludes halogenated alkanes) is 6. The first-order chi connectivity index (χ1) is 18.8. The zero-order chi connectivity index (χ0) is 28.1. The van der Waals surface area contributed by atoms with Crippen molar-refractivity contribution < 1.29 is 52.4 Å². The quantitative estimate of drug-likeness (QED) is 0.124. The predicted octanol–water partition coefficient (Wildman–Crippen LogP) is 4.99. The van der Waals surface area contributed by atoms with Gasteiger partial charge in [-0.05, 0) is 48.2 Å². The van der Waals surface area contributed by atoms with E-state index >= 15 is 0 Å². The molecule has 0 fully saturated rings. The van der Waals surface area contributed by atoms with Gasteiger partial charge in [0, 0.05) is 16.9 Å². The van der Waals surface area contributed by atoms with Crippen molar-refractivity contribution in [2.45, 2.75) is 86.0 Å². The Morgan fingerprint density at radius 3 is 2.35 bits per heavy atom. The van der Waals surface area contributed by atoms with E-state index in [1.54, 1.807) is 30.3 Å². The van der Waals surface area contributed by atoms with Crippen LogP contribution in [0.15, 0.2) is 81.4 Å². The molecule has 0 radical (unpaired) electrons. The van der Waals surface area contributed by atoms with Gasteiger partial charge in [-0.1, -0.05) is 106 Å². The molecule has 0 heterocycles. The van der Waals surface area contributed by atoms with Gasteiger partial charge in [-0.25, -0.2) is 8.42 Å². The number of hydrogen-bond donors (Lipinski definition) is 1. The van der Waals surface area contributed by atoms with Gasteiger partial charge in [-0.3, -0.25) is 0 Å². The van der Waals surface area contributed by atoms with E-state index in [2.05, 4.69) is 25.7 Å². The summed E-state index contributed by atoms with van der Waals surface area (Å²) in [7, 11) is -4.78. The minimum atomic E-state index is -4.78. The van der Waals surface area contributed by atoms with Crippen LogP contribution in [0.2, 0.25) is 0 Å². The van der Waals surface area contributed by atoms with Gasteiger partial charge in [0.05, 0.1) is 16.4 Å². The third-order valence-corrected chi connectivity index (χ3v) is 8.39. The summed E-state index contributed by atoms with van der Waals surface area (Å²) in [6, 6.07) is 19.4. The molecule has 1 N–H and O–H groups in total. The van der Waals surface area contributed by atoms with Crippen LogP contribution in [0.25, 0.3) is 11.1 Å². The first-order valence-electron chi connectivity index (χ1n) is 13.6. The van der Waals surface area contributed by atoms with Gasteiger partial charge in [0.25, 0.3) is 0 Å². The molecular formula is C32H37NaO5S2. The molecule has 1 unspecified atom stereocenters. The molecule has 0 saturated carbocycles. The fraction of sp³-hybridized carbons (Fsp3) is 0.375. The van der Waals surface area contributed by atoms with E-state index in [0.29, 0.717) is 33.9 Å². The SMILES string of the molecule is CCCCCCCC#CC(O)c1ccccc1-c1ccc(Sc2ccccc2OCCCC)c(S(=O)(=O)[O-])c1.[Na+]. The molecule has 0 spiro atoms. The van der Waals surface area contributed by atoms with Gasteiger partial charge < -0.3 is 14.4 Å². The zero-order valence-electron chi connectivity index (χ0n) is 23.7.